The van der Waals surface area contributed by atoms with Gasteiger partial charge in [0.1, 0.15) is 22.3 Å². The summed E-state index contributed by atoms with van der Waals surface area (Å²) in [6, 6.07) is 61.6. The molecular formula is C53H37NO2. The van der Waals surface area contributed by atoms with Gasteiger partial charge in [0.15, 0.2) is 0 Å². The lowest BCUT2D eigenvalue weighted by Gasteiger charge is -2.29. The van der Waals surface area contributed by atoms with Crippen LogP contribution in [0.1, 0.15) is 48.6 Å². The number of hydrogen-bond donors (Lipinski definition) is 0. The molecule has 0 radical (unpaired) electrons. The third-order valence-corrected chi connectivity index (χ3v) is 12.9. The molecule has 2 aliphatic rings. The van der Waals surface area contributed by atoms with Crippen LogP contribution in [0.3, 0.4) is 0 Å². The van der Waals surface area contributed by atoms with E-state index in [4.69, 9.17) is 8.83 Å². The summed E-state index contributed by atoms with van der Waals surface area (Å²) in [5.41, 5.74) is 18.0. The molecule has 0 saturated carbocycles. The van der Waals surface area contributed by atoms with Crippen LogP contribution in [0.5, 0.6) is 0 Å². The Morgan fingerprint density at radius 2 is 0.839 bits per heavy atom. The average Bonchev–Trinajstić information content (AvgIpc) is 3.94. The molecule has 56 heavy (non-hydrogen) atoms. The van der Waals surface area contributed by atoms with Gasteiger partial charge in [0.25, 0.3) is 0 Å². The molecule has 0 bridgehead atoms. The van der Waals surface area contributed by atoms with E-state index < -0.39 is 0 Å². The first kappa shape index (κ1) is 31.5. The van der Waals surface area contributed by atoms with E-state index in [1.54, 1.807) is 0 Å². The van der Waals surface area contributed by atoms with Crippen LogP contribution in [-0.2, 0) is 10.8 Å². The third kappa shape index (κ3) is 4.12. The number of furan rings is 2. The molecule has 0 atom stereocenters. The van der Waals surface area contributed by atoms with Crippen LogP contribution in [0.4, 0.5) is 17.1 Å². The number of para-hydroxylation sites is 1. The van der Waals surface area contributed by atoms with Crippen molar-refractivity contribution in [1.29, 1.82) is 0 Å². The average molecular weight is 720 g/mol. The summed E-state index contributed by atoms with van der Waals surface area (Å²) in [5, 5.41) is 4.51. The Labute approximate surface area is 325 Å². The lowest BCUT2D eigenvalue weighted by molar-refractivity contribution is 0.660. The van der Waals surface area contributed by atoms with Gasteiger partial charge >= 0.3 is 0 Å². The normalized spacial score (nSPS) is 14.6. The van der Waals surface area contributed by atoms with E-state index in [1.807, 2.05) is 12.1 Å². The van der Waals surface area contributed by atoms with Gasteiger partial charge in [-0.25, -0.2) is 0 Å². The molecule has 0 fully saturated rings. The predicted molar refractivity (Wildman–Crippen MR) is 231 cm³/mol. The van der Waals surface area contributed by atoms with Gasteiger partial charge in [0.05, 0.1) is 0 Å². The molecule has 8 aromatic carbocycles. The Kier molecular flexibility index (Phi) is 6.25. The molecular weight excluding hydrogens is 683 g/mol. The molecule has 3 nitrogen and oxygen atoms in total. The molecule has 0 aliphatic heterocycles. The van der Waals surface area contributed by atoms with Crippen molar-refractivity contribution < 1.29 is 8.83 Å². The number of anilines is 3. The van der Waals surface area contributed by atoms with Crippen LogP contribution in [0, 0.1) is 0 Å². The fraction of sp³-hybridized carbons (Fsp3) is 0.0943. The highest BCUT2D eigenvalue weighted by Crippen LogP contribution is 2.55. The summed E-state index contributed by atoms with van der Waals surface area (Å²) in [6.07, 6.45) is 0. The van der Waals surface area contributed by atoms with E-state index in [9.17, 15) is 0 Å². The third-order valence-electron chi connectivity index (χ3n) is 12.9. The molecule has 0 spiro atoms. The highest BCUT2D eigenvalue weighted by atomic mass is 16.3. The lowest BCUT2D eigenvalue weighted by atomic mass is 9.73. The number of hydrogen-bond acceptors (Lipinski definition) is 3. The van der Waals surface area contributed by atoms with Gasteiger partial charge in [-0.1, -0.05) is 123 Å². The highest BCUT2D eigenvalue weighted by molar-refractivity contribution is 6.10. The van der Waals surface area contributed by atoms with Gasteiger partial charge in [0, 0.05) is 61.6 Å². The van der Waals surface area contributed by atoms with Crippen LogP contribution in [-0.4, -0.2) is 0 Å². The van der Waals surface area contributed by atoms with Gasteiger partial charge in [-0.05, 0) is 106 Å². The fourth-order valence-electron chi connectivity index (χ4n) is 10.2. The van der Waals surface area contributed by atoms with Crippen molar-refractivity contribution >= 4 is 60.9 Å². The molecule has 2 aliphatic carbocycles. The maximum atomic E-state index is 6.85. The highest BCUT2D eigenvalue weighted by Gasteiger charge is 2.42. The van der Waals surface area contributed by atoms with E-state index in [0.29, 0.717) is 0 Å². The van der Waals surface area contributed by atoms with Crippen molar-refractivity contribution in [2.75, 3.05) is 4.90 Å². The summed E-state index contributed by atoms with van der Waals surface area (Å²) in [4.78, 5) is 2.35. The summed E-state index contributed by atoms with van der Waals surface area (Å²) in [6.45, 7) is 7.06. The van der Waals surface area contributed by atoms with Crippen LogP contribution in [0.15, 0.2) is 179 Å². The van der Waals surface area contributed by atoms with Crippen molar-refractivity contribution in [3.05, 3.63) is 198 Å². The largest absolute Gasteiger partial charge is 0.456 e. The zero-order valence-corrected chi connectivity index (χ0v) is 31.4. The number of benzene rings is 8. The minimum atomic E-state index is -0.342. The molecule has 266 valence electrons. The van der Waals surface area contributed by atoms with Crippen LogP contribution in [0.25, 0.3) is 66.1 Å². The van der Waals surface area contributed by atoms with Gasteiger partial charge in [-0.3, -0.25) is 0 Å². The van der Waals surface area contributed by atoms with E-state index in [0.717, 1.165) is 60.9 Å². The molecule has 12 rings (SSSR count). The SMILES string of the molecule is CC1(C)c2ccccc2-c2ccc(N(c3ccc4c(c3)oc3ccccc34)c3ccc4c(c3)oc3cccc(C5(C)c6ccccc6-c6ccccc65)c34)cc21. The second-order valence-corrected chi connectivity index (χ2v) is 16.2. The Morgan fingerprint density at radius 1 is 0.357 bits per heavy atom. The number of fused-ring (bicyclic) bond motifs is 12. The van der Waals surface area contributed by atoms with Gasteiger partial charge in [-0.2, -0.15) is 0 Å². The smallest absolute Gasteiger partial charge is 0.137 e. The van der Waals surface area contributed by atoms with Crippen molar-refractivity contribution in [1.82, 2.24) is 0 Å². The predicted octanol–water partition coefficient (Wildman–Crippen LogP) is 14.6. The van der Waals surface area contributed by atoms with E-state index in [-0.39, 0.29) is 10.8 Å². The van der Waals surface area contributed by atoms with Crippen molar-refractivity contribution in [2.45, 2.75) is 31.6 Å². The first-order valence-corrected chi connectivity index (χ1v) is 19.5. The van der Waals surface area contributed by atoms with Crippen molar-refractivity contribution in [3.8, 4) is 22.3 Å². The molecule has 0 unspecified atom stereocenters. The molecule has 3 heteroatoms. The minimum absolute atomic E-state index is 0.136. The summed E-state index contributed by atoms with van der Waals surface area (Å²) in [7, 11) is 0. The second kappa shape index (κ2) is 11.1. The quantitative estimate of drug-likeness (QED) is 0.181. The van der Waals surface area contributed by atoms with Crippen LogP contribution < -0.4 is 4.90 Å². The molecule has 0 N–H and O–H groups in total. The van der Waals surface area contributed by atoms with Crippen LogP contribution in [0.2, 0.25) is 0 Å². The number of rotatable bonds is 4. The molecule has 2 heterocycles. The first-order valence-electron chi connectivity index (χ1n) is 19.5. The Morgan fingerprint density at radius 3 is 1.57 bits per heavy atom. The zero-order chi connectivity index (χ0) is 37.3. The molecule has 0 amide bonds. The summed E-state index contributed by atoms with van der Waals surface area (Å²) < 4.78 is 13.3. The maximum absolute atomic E-state index is 6.85. The standard InChI is InChI=1S/C53H37NO2/c1-52(2)42-17-8-4-13-35(42)38-26-23-32(29-46(38)52)54(33-24-27-40-39-16-7-11-21-47(39)55-49(40)30-33)34-25-28-41-50(31-34)56-48-22-12-20-45(51(41)48)53(3)43-18-9-5-14-36(43)37-15-6-10-19-44(37)53/h4-31H,1-3H3. The Bertz CT molecular complexity index is 3220. The monoisotopic (exact) mass is 719 g/mol. The number of nitrogens with zero attached hydrogens (tertiary/aromatic N) is 1. The summed E-state index contributed by atoms with van der Waals surface area (Å²) >= 11 is 0. The first-order chi connectivity index (χ1) is 27.4. The Balaban J connectivity index is 1.07. The lowest BCUT2D eigenvalue weighted by Crippen LogP contribution is -2.22. The van der Waals surface area contributed by atoms with Crippen LogP contribution >= 0.6 is 0 Å². The van der Waals surface area contributed by atoms with E-state index >= 15 is 0 Å². The minimum Gasteiger partial charge on any atom is -0.456 e. The van der Waals surface area contributed by atoms with Gasteiger partial charge < -0.3 is 13.7 Å². The molecule has 10 aromatic rings. The summed E-state index contributed by atoms with van der Waals surface area (Å²) in [5.74, 6) is 0. The van der Waals surface area contributed by atoms with Gasteiger partial charge in [-0.15, -0.1) is 0 Å². The topological polar surface area (TPSA) is 29.5 Å². The van der Waals surface area contributed by atoms with E-state index in [1.165, 1.54) is 50.1 Å². The molecule has 2 aromatic heterocycles. The van der Waals surface area contributed by atoms with Gasteiger partial charge in [0.2, 0.25) is 0 Å². The van der Waals surface area contributed by atoms with Crippen molar-refractivity contribution in [3.63, 3.8) is 0 Å². The van der Waals surface area contributed by atoms with Crippen molar-refractivity contribution in [2.24, 2.45) is 0 Å². The molecule has 0 saturated heterocycles. The van der Waals surface area contributed by atoms with E-state index in [2.05, 4.69) is 183 Å². The Hall–Kier alpha value is -6.84. The second-order valence-electron chi connectivity index (χ2n) is 16.2. The maximum Gasteiger partial charge on any atom is 0.137 e. The zero-order valence-electron chi connectivity index (χ0n) is 31.4. The fourth-order valence-corrected chi connectivity index (χ4v) is 10.2.